The summed E-state index contributed by atoms with van der Waals surface area (Å²) in [6, 6.07) is -11.2. The van der Waals surface area contributed by atoms with E-state index in [1.54, 1.807) is 13.8 Å². The maximum Gasteiger partial charge on any atom is 0.245 e. The van der Waals surface area contributed by atoms with Crippen LogP contribution in [-0.2, 0) is 47.9 Å². The molecular weight excluding hydrogens is 1060 g/mol. The maximum atomic E-state index is 14.6. The van der Waals surface area contributed by atoms with Gasteiger partial charge in [-0.25, -0.2) is 0 Å². The molecule has 0 radical (unpaired) electrons. The van der Waals surface area contributed by atoms with Gasteiger partial charge in [0.05, 0.1) is 12.6 Å². The van der Waals surface area contributed by atoms with Crippen LogP contribution in [0, 0.1) is 29.6 Å². The summed E-state index contributed by atoms with van der Waals surface area (Å²) in [5, 5.41) is 32.4. The first-order valence-corrected chi connectivity index (χ1v) is 29.2. The third kappa shape index (κ3) is 29.7. The third-order valence-corrected chi connectivity index (χ3v) is 13.6. The van der Waals surface area contributed by atoms with Gasteiger partial charge in [0.2, 0.25) is 59.1 Å². The molecule has 82 heavy (non-hydrogen) atoms. The Labute approximate surface area is 486 Å². The number of nitrogens with one attached hydrogen (secondary N) is 8. The highest BCUT2D eigenvalue weighted by atomic mass is 16.3. The molecule has 0 heterocycles. The van der Waals surface area contributed by atoms with E-state index in [-0.39, 0.29) is 107 Å². The number of aliphatic hydroxyl groups is 1. The number of aliphatic imine (C=N–C) groups is 1. The van der Waals surface area contributed by atoms with E-state index in [0.717, 1.165) is 0 Å². The van der Waals surface area contributed by atoms with Crippen LogP contribution >= 0.6 is 0 Å². The van der Waals surface area contributed by atoms with Crippen molar-refractivity contribution < 1.29 is 53.1 Å². The van der Waals surface area contributed by atoms with Crippen molar-refractivity contribution in [1.82, 2.24) is 47.4 Å². The van der Waals surface area contributed by atoms with Crippen molar-refractivity contribution in [2.75, 3.05) is 33.2 Å². The molecule has 0 aliphatic carbocycles. The van der Waals surface area contributed by atoms with Gasteiger partial charge >= 0.3 is 0 Å². The lowest BCUT2D eigenvalue weighted by molar-refractivity contribution is -0.143. The van der Waals surface area contributed by atoms with Crippen molar-refractivity contribution in [2.24, 2.45) is 69.0 Å². The van der Waals surface area contributed by atoms with E-state index in [1.165, 1.54) is 18.9 Å². The zero-order valence-corrected chi connectivity index (χ0v) is 51.1. The van der Waals surface area contributed by atoms with E-state index in [2.05, 4.69) is 47.5 Å². The highest BCUT2D eigenvalue weighted by Gasteiger charge is 2.38. The zero-order chi connectivity index (χ0) is 63.0. The molecule has 472 valence electrons. The molecule has 11 atom stereocenters. The smallest absolute Gasteiger partial charge is 0.245 e. The summed E-state index contributed by atoms with van der Waals surface area (Å²) in [6.45, 7) is 19.8. The molecule has 10 amide bonds. The van der Waals surface area contributed by atoms with Gasteiger partial charge in [-0.1, -0.05) is 75.7 Å². The number of carbonyl (C=O) groups is 10. The highest BCUT2D eigenvalue weighted by molar-refractivity contribution is 5.98. The van der Waals surface area contributed by atoms with Crippen LogP contribution in [-0.4, -0.2) is 169 Å². The van der Waals surface area contributed by atoms with E-state index >= 15 is 0 Å². The van der Waals surface area contributed by atoms with Gasteiger partial charge in [-0.15, -0.1) is 0 Å². The minimum absolute atomic E-state index is 0.00536. The van der Waals surface area contributed by atoms with Crippen LogP contribution in [0.3, 0.4) is 0 Å². The third-order valence-electron chi connectivity index (χ3n) is 13.6. The van der Waals surface area contributed by atoms with Gasteiger partial charge in [-0.05, 0) is 127 Å². The average molecular weight is 1170 g/mol. The summed E-state index contributed by atoms with van der Waals surface area (Å²) >= 11 is 0. The van der Waals surface area contributed by atoms with Crippen LogP contribution in [0.5, 0.6) is 0 Å². The Balaban J connectivity index is 7.11. The first-order valence-electron chi connectivity index (χ1n) is 29.2. The fraction of sp³-hybridized carbons (Fsp3) is 0.800. The minimum atomic E-state index is -1.63. The maximum absolute atomic E-state index is 14.6. The molecular formula is C55H106N16O11. The van der Waals surface area contributed by atoms with Crippen LogP contribution in [0.2, 0.25) is 0 Å². The summed E-state index contributed by atoms with van der Waals surface area (Å²) in [5.74, 6) is -8.37. The van der Waals surface area contributed by atoms with Gasteiger partial charge in [0, 0.05) is 13.6 Å². The Kier molecular flexibility index (Phi) is 37.1. The normalized spacial score (nSPS) is 15.5. The number of hydrogen-bond acceptors (Lipinski definition) is 15. The molecule has 0 aromatic carbocycles. The molecule has 0 saturated heterocycles. The lowest BCUT2D eigenvalue weighted by atomic mass is 9.96. The fourth-order valence-electron chi connectivity index (χ4n) is 8.90. The van der Waals surface area contributed by atoms with Crippen LogP contribution < -0.4 is 76.9 Å². The molecule has 0 spiro atoms. The van der Waals surface area contributed by atoms with Crippen LogP contribution in [0.15, 0.2) is 4.99 Å². The van der Waals surface area contributed by atoms with Crippen molar-refractivity contribution in [1.29, 1.82) is 0 Å². The molecule has 0 aliphatic heterocycles. The van der Waals surface area contributed by atoms with Gasteiger partial charge in [0.25, 0.3) is 0 Å². The molecule has 0 saturated carbocycles. The summed E-state index contributed by atoms with van der Waals surface area (Å²) < 4.78 is 0. The predicted molar refractivity (Wildman–Crippen MR) is 315 cm³/mol. The number of carbonyl (C=O) groups excluding carboxylic acids is 10. The zero-order valence-electron chi connectivity index (χ0n) is 51.1. The molecule has 0 aliphatic rings. The second-order valence-corrected chi connectivity index (χ2v) is 23.1. The van der Waals surface area contributed by atoms with E-state index in [4.69, 9.17) is 34.4 Å². The van der Waals surface area contributed by atoms with Crippen LogP contribution in [0.1, 0.15) is 160 Å². The topological polar surface area (TPSA) is 459 Å². The Hall–Kier alpha value is -6.19. The number of amides is 10. The molecule has 21 N–H and O–H groups in total. The van der Waals surface area contributed by atoms with E-state index in [1.807, 2.05) is 55.4 Å². The van der Waals surface area contributed by atoms with Gasteiger partial charge in [0.15, 0.2) is 5.96 Å². The summed E-state index contributed by atoms with van der Waals surface area (Å²) in [7, 11) is 1.45. The molecule has 27 nitrogen and oxygen atoms in total. The van der Waals surface area contributed by atoms with E-state index in [0.29, 0.717) is 32.1 Å². The van der Waals surface area contributed by atoms with Gasteiger partial charge < -0.3 is 86.9 Å². The monoisotopic (exact) mass is 1170 g/mol. The van der Waals surface area contributed by atoms with Crippen LogP contribution in [0.4, 0.5) is 0 Å². The lowest BCUT2D eigenvalue weighted by Gasteiger charge is -2.33. The largest absolute Gasteiger partial charge is 0.391 e. The number of primary amides is 1. The molecule has 0 aromatic rings. The highest BCUT2D eigenvalue weighted by Crippen LogP contribution is 2.18. The number of rotatable bonds is 42. The Morgan fingerprint density at radius 3 is 1.29 bits per heavy atom. The number of nitrogens with two attached hydrogens (primary N) is 6. The van der Waals surface area contributed by atoms with E-state index in [9.17, 15) is 53.1 Å². The minimum Gasteiger partial charge on any atom is -0.391 e. The second kappa shape index (κ2) is 40.1. The first-order chi connectivity index (χ1) is 38.3. The number of aliphatic hydroxyl groups excluding tert-OH is 1. The number of unbranched alkanes of at least 4 members (excludes halogenated alkanes) is 2. The average Bonchev–Trinajstić information content (AvgIpc) is 3.38. The standard InChI is InChI=1S/C55H106N16O11/c1-13-34(10)44(52(80)66-37(20-15-17-23-57)49(77)70-45(35(11)72)53(81)68-40(26-31(4)5)50(78)67-39(46(59)74)25-30(2)3)69-48(76)38(21-18-24-62-55(60)61)64-47(75)36(19-14-16-22-56)65-51(79)42(28-33(8)9)71(12)54(82)41(27-32(6)7)63-43(73)29-58/h30-42,44-45,72H,13-29,56-58H2,1-12H3,(H2,59,74)(H,63,73)(H,64,75)(H,65,79)(H,66,80)(H,67,78)(H,68,81)(H,69,76)(H,70,77)(H4,60,61,62)/t34-,35+,36-,37-,38-,39-,40-,41-,42-,44-,45-/m0/s1. The molecule has 0 rings (SSSR count). The number of nitrogens with zero attached hydrogens (tertiary/aromatic N) is 2. The van der Waals surface area contributed by atoms with Gasteiger partial charge in [-0.2, -0.15) is 0 Å². The Morgan fingerprint density at radius 1 is 0.463 bits per heavy atom. The quantitative estimate of drug-likeness (QED) is 0.0180. The molecule has 0 bridgehead atoms. The van der Waals surface area contributed by atoms with Gasteiger partial charge in [0.1, 0.15) is 54.4 Å². The number of likely N-dealkylation sites (N-methyl/N-ethyl adjacent to an activating group) is 1. The Bertz CT molecular complexity index is 2050. The lowest BCUT2D eigenvalue weighted by Crippen LogP contribution is -2.62. The molecule has 0 unspecified atom stereocenters. The van der Waals surface area contributed by atoms with Crippen LogP contribution in [0.25, 0.3) is 0 Å². The molecule has 0 aromatic heterocycles. The van der Waals surface area contributed by atoms with Crippen molar-refractivity contribution in [3.8, 4) is 0 Å². The molecule has 0 fully saturated rings. The predicted octanol–water partition coefficient (Wildman–Crippen LogP) is -1.94. The van der Waals surface area contributed by atoms with Crippen molar-refractivity contribution in [2.45, 2.75) is 220 Å². The number of guanidine groups is 1. The summed E-state index contributed by atoms with van der Waals surface area (Å²) in [5.41, 5.74) is 33.9. The van der Waals surface area contributed by atoms with Gasteiger partial charge in [-0.3, -0.25) is 52.9 Å². The summed E-state index contributed by atoms with van der Waals surface area (Å²) in [6.07, 6.45) is 1.49. The second-order valence-electron chi connectivity index (χ2n) is 23.1. The first kappa shape index (κ1) is 75.8. The number of hydrogen-bond donors (Lipinski definition) is 15. The van der Waals surface area contributed by atoms with E-state index < -0.39 is 125 Å². The fourth-order valence-corrected chi connectivity index (χ4v) is 8.90. The Morgan fingerprint density at radius 2 is 0.854 bits per heavy atom. The van der Waals surface area contributed by atoms with Crippen molar-refractivity contribution in [3.05, 3.63) is 0 Å². The van der Waals surface area contributed by atoms with Crippen molar-refractivity contribution >= 4 is 65.0 Å². The molecule has 27 heteroatoms. The van der Waals surface area contributed by atoms with Crippen molar-refractivity contribution in [3.63, 3.8) is 0 Å². The summed E-state index contributed by atoms with van der Waals surface area (Å²) in [4.78, 5) is 143. The SMILES string of the molecule is CC[C@H](C)[C@H](NC(=O)[C@H](CCCN=C(N)N)NC(=O)[C@H](CCCCN)NC(=O)[C@H](CC(C)C)N(C)C(=O)[C@H](CC(C)C)NC(=O)CN)C(=O)N[C@@H](CCCCN)C(=O)N[C@H](C(=O)N[C@@H](CC(C)C)C(=O)N[C@@H](CC(C)C)C(N)=O)[C@@H](C)O.